The zero-order valence-electron chi connectivity index (χ0n) is 18.1. The van der Waals surface area contributed by atoms with Gasteiger partial charge in [0.15, 0.2) is 5.82 Å². The number of rotatable bonds is 9. The van der Waals surface area contributed by atoms with Gasteiger partial charge < -0.3 is 9.64 Å². The normalized spacial score (nSPS) is 10.9. The Bertz CT molecular complexity index is 1240. The van der Waals surface area contributed by atoms with Crippen molar-refractivity contribution < 1.29 is 9.13 Å². The molecule has 2 aromatic carbocycles. The lowest BCUT2D eigenvalue weighted by molar-refractivity contribution is 0.291. The van der Waals surface area contributed by atoms with Crippen molar-refractivity contribution in [1.82, 2.24) is 19.3 Å². The molecule has 9 heteroatoms. The van der Waals surface area contributed by atoms with Gasteiger partial charge in [-0.05, 0) is 79.3 Å². The van der Waals surface area contributed by atoms with Crippen LogP contribution in [0.2, 0.25) is 5.02 Å². The van der Waals surface area contributed by atoms with E-state index in [1.54, 1.807) is 24.5 Å². The minimum atomic E-state index is -0.313. The Kier molecular flexibility index (Phi) is 7.36. The standard InChI is InChI=1S/C24H23ClFN5OS/c1-29(20-11-13-27-14-12-20)15-2-16-30-24(33)31(21-7-3-18(25)4-8-21)23(28-30)17-32-22-9-5-19(26)6-10-22/h3-14H,2,15-17H2,1H3. The number of nitrogens with zero attached hydrogens (tertiary/aromatic N) is 5. The lowest BCUT2D eigenvalue weighted by atomic mass is 10.3. The quantitative estimate of drug-likeness (QED) is 0.286. The molecule has 6 nitrogen and oxygen atoms in total. The molecule has 4 rings (SSSR count). The second-order valence-electron chi connectivity index (χ2n) is 7.46. The van der Waals surface area contributed by atoms with E-state index >= 15 is 0 Å². The molecule has 170 valence electrons. The highest BCUT2D eigenvalue weighted by atomic mass is 35.5. The van der Waals surface area contributed by atoms with Crippen LogP contribution in [-0.2, 0) is 13.2 Å². The number of halogens is 2. The molecule has 0 atom stereocenters. The second-order valence-corrected chi connectivity index (χ2v) is 8.26. The molecule has 33 heavy (non-hydrogen) atoms. The third-order valence-electron chi connectivity index (χ3n) is 5.14. The molecule has 0 saturated heterocycles. The van der Waals surface area contributed by atoms with E-state index < -0.39 is 0 Å². The predicted octanol–water partition coefficient (Wildman–Crippen LogP) is 5.70. The first kappa shape index (κ1) is 22.9. The molecule has 0 bridgehead atoms. The van der Waals surface area contributed by atoms with Gasteiger partial charge >= 0.3 is 0 Å². The van der Waals surface area contributed by atoms with Crippen LogP contribution in [0.25, 0.3) is 5.69 Å². The highest BCUT2D eigenvalue weighted by molar-refractivity contribution is 7.71. The van der Waals surface area contributed by atoms with E-state index in [1.165, 1.54) is 12.1 Å². The monoisotopic (exact) mass is 483 g/mol. The maximum Gasteiger partial charge on any atom is 0.202 e. The molecular formula is C24H23ClFN5OS. The lowest BCUT2D eigenvalue weighted by Crippen LogP contribution is -2.20. The smallest absolute Gasteiger partial charge is 0.202 e. The van der Waals surface area contributed by atoms with Crippen molar-refractivity contribution in [3.8, 4) is 11.4 Å². The Balaban J connectivity index is 1.53. The predicted molar refractivity (Wildman–Crippen MR) is 130 cm³/mol. The topological polar surface area (TPSA) is 48.1 Å². The van der Waals surface area contributed by atoms with Crippen LogP contribution < -0.4 is 9.64 Å². The molecule has 0 spiro atoms. The second kappa shape index (κ2) is 10.6. The zero-order valence-corrected chi connectivity index (χ0v) is 19.6. The highest BCUT2D eigenvalue weighted by Crippen LogP contribution is 2.19. The summed E-state index contributed by atoms with van der Waals surface area (Å²) in [4.78, 5) is 6.23. The summed E-state index contributed by atoms with van der Waals surface area (Å²) in [5, 5.41) is 5.37. The average Bonchev–Trinajstić information content (AvgIpc) is 3.15. The van der Waals surface area contributed by atoms with Crippen molar-refractivity contribution in [3.05, 3.63) is 94.5 Å². The molecule has 0 fully saturated rings. The Labute approximate surface area is 201 Å². The molecule has 2 aromatic heterocycles. The third-order valence-corrected chi connectivity index (χ3v) is 5.78. The highest BCUT2D eigenvalue weighted by Gasteiger charge is 2.14. The van der Waals surface area contributed by atoms with E-state index in [0.717, 1.165) is 24.3 Å². The van der Waals surface area contributed by atoms with Crippen LogP contribution in [0.1, 0.15) is 12.2 Å². The molecule has 0 amide bonds. The van der Waals surface area contributed by atoms with Gasteiger partial charge in [-0.2, -0.15) is 5.10 Å². The van der Waals surface area contributed by atoms with E-state index in [4.69, 9.17) is 33.7 Å². The number of pyridine rings is 1. The van der Waals surface area contributed by atoms with E-state index in [-0.39, 0.29) is 12.4 Å². The van der Waals surface area contributed by atoms with Gasteiger partial charge in [0.25, 0.3) is 0 Å². The number of aryl methyl sites for hydroxylation is 1. The Morgan fingerprint density at radius 2 is 1.73 bits per heavy atom. The fourth-order valence-corrected chi connectivity index (χ4v) is 3.87. The Hall–Kier alpha value is -3.23. The number of hydrogen-bond acceptors (Lipinski definition) is 5. The summed E-state index contributed by atoms with van der Waals surface area (Å²) in [5.41, 5.74) is 1.95. The first-order chi connectivity index (χ1) is 16.0. The van der Waals surface area contributed by atoms with Crippen LogP contribution in [0.4, 0.5) is 10.1 Å². The van der Waals surface area contributed by atoms with Crippen molar-refractivity contribution in [1.29, 1.82) is 0 Å². The van der Waals surface area contributed by atoms with Gasteiger partial charge in [-0.1, -0.05) is 11.6 Å². The fraction of sp³-hybridized carbons (Fsp3) is 0.208. The number of ether oxygens (including phenoxy) is 1. The number of anilines is 1. The minimum Gasteiger partial charge on any atom is -0.486 e. The van der Waals surface area contributed by atoms with Crippen molar-refractivity contribution >= 4 is 29.5 Å². The van der Waals surface area contributed by atoms with Crippen molar-refractivity contribution in [2.75, 3.05) is 18.5 Å². The third kappa shape index (κ3) is 5.77. The van der Waals surface area contributed by atoms with Crippen LogP contribution in [0.15, 0.2) is 73.1 Å². The van der Waals surface area contributed by atoms with Crippen LogP contribution in [0.3, 0.4) is 0 Å². The fourth-order valence-electron chi connectivity index (χ4n) is 3.41. The van der Waals surface area contributed by atoms with Gasteiger partial charge in [0, 0.05) is 48.9 Å². The first-order valence-corrected chi connectivity index (χ1v) is 11.2. The molecule has 0 radical (unpaired) electrons. The van der Waals surface area contributed by atoms with Gasteiger partial charge in [-0.25, -0.2) is 9.07 Å². The molecule has 0 aliphatic heterocycles. The first-order valence-electron chi connectivity index (χ1n) is 10.5. The molecule has 0 unspecified atom stereocenters. The summed E-state index contributed by atoms with van der Waals surface area (Å²) < 4.78 is 23.3. The summed E-state index contributed by atoms with van der Waals surface area (Å²) >= 11 is 11.8. The number of aromatic nitrogens is 4. The maximum atomic E-state index is 13.2. The van der Waals surface area contributed by atoms with Crippen LogP contribution in [-0.4, -0.2) is 32.9 Å². The van der Waals surface area contributed by atoms with Gasteiger partial charge in [-0.15, -0.1) is 0 Å². The minimum absolute atomic E-state index is 0.182. The lowest BCUT2D eigenvalue weighted by Gasteiger charge is -2.18. The Morgan fingerprint density at radius 1 is 1.03 bits per heavy atom. The molecule has 2 heterocycles. The molecule has 0 aliphatic carbocycles. The van der Waals surface area contributed by atoms with E-state index in [0.29, 0.717) is 27.9 Å². The summed E-state index contributed by atoms with van der Waals surface area (Å²) in [6.07, 6.45) is 4.41. The largest absolute Gasteiger partial charge is 0.486 e. The molecule has 0 saturated carbocycles. The number of benzene rings is 2. The average molecular weight is 484 g/mol. The molecule has 0 aliphatic rings. The van der Waals surface area contributed by atoms with Crippen LogP contribution in [0, 0.1) is 10.6 Å². The molecular weight excluding hydrogens is 461 g/mol. The molecule has 4 aromatic rings. The van der Waals surface area contributed by atoms with Crippen molar-refractivity contribution in [2.24, 2.45) is 0 Å². The van der Waals surface area contributed by atoms with E-state index in [2.05, 4.69) is 9.88 Å². The van der Waals surface area contributed by atoms with Gasteiger partial charge in [0.05, 0.1) is 0 Å². The summed E-state index contributed by atoms with van der Waals surface area (Å²) in [6.45, 7) is 1.67. The van der Waals surface area contributed by atoms with Crippen molar-refractivity contribution in [3.63, 3.8) is 0 Å². The zero-order chi connectivity index (χ0) is 23.2. The van der Waals surface area contributed by atoms with Gasteiger partial charge in [0.1, 0.15) is 18.2 Å². The summed E-state index contributed by atoms with van der Waals surface area (Å²) in [7, 11) is 2.04. The summed E-state index contributed by atoms with van der Waals surface area (Å²) in [6, 6.07) is 17.3. The maximum absolute atomic E-state index is 13.2. The van der Waals surface area contributed by atoms with Crippen LogP contribution in [0.5, 0.6) is 5.75 Å². The summed E-state index contributed by atoms with van der Waals surface area (Å²) in [5.74, 6) is 0.889. The molecule has 0 N–H and O–H groups in total. The number of hydrogen-bond donors (Lipinski definition) is 0. The van der Waals surface area contributed by atoms with Gasteiger partial charge in [-0.3, -0.25) is 9.55 Å². The Morgan fingerprint density at radius 3 is 2.42 bits per heavy atom. The SMILES string of the molecule is CN(CCCn1nc(COc2ccc(F)cc2)n(-c2ccc(Cl)cc2)c1=S)c1ccncc1. The van der Waals surface area contributed by atoms with E-state index in [9.17, 15) is 4.39 Å². The van der Waals surface area contributed by atoms with Crippen molar-refractivity contribution in [2.45, 2.75) is 19.6 Å². The van der Waals surface area contributed by atoms with E-state index in [1.807, 2.05) is 52.7 Å². The van der Waals surface area contributed by atoms with Crippen LogP contribution >= 0.6 is 23.8 Å². The van der Waals surface area contributed by atoms with Gasteiger partial charge in [0.2, 0.25) is 4.77 Å².